The van der Waals surface area contributed by atoms with E-state index in [9.17, 15) is 26.4 Å². The number of benzene rings is 2. The number of para-hydroxylation sites is 1. The van der Waals surface area contributed by atoms with Crippen LogP contribution >= 0.6 is 0 Å². The first-order valence-corrected chi connectivity index (χ1v) is 15.0. The van der Waals surface area contributed by atoms with Gasteiger partial charge in [-0.15, -0.1) is 0 Å². The Balaban J connectivity index is 1.30. The highest BCUT2D eigenvalue weighted by Gasteiger charge is 2.31. The fourth-order valence-corrected chi connectivity index (χ4v) is 6.52. The number of H-pyrrole nitrogens is 1. The Bertz CT molecular complexity index is 2010. The number of nitrogens with zero attached hydrogens (tertiary/aromatic N) is 4. The first kappa shape index (κ1) is 29.0. The van der Waals surface area contributed by atoms with E-state index in [-0.39, 0.29) is 52.4 Å². The van der Waals surface area contributed by atoms with Crippen LogP contribution in [0.25, 0.3) is 16.6 Å². The lowest BCUT2D eigenvalue weighted by Gasteiger charge is -2.20. The molecule has 1 aliphatic rings. The molecule has 1 saturated heterocycles. The normalized spacial score (nSPS) is 14.4. The molecule has 0 radical (unpaired) electrons. The lowest BCUT2D eigenvalue weighted by atomic mass is 10.1. The van der Waals surface area contributed by atoms with Gasteiger partial charge in [-0.05, 0) is 49.2 Å². The number of hydrogen-bond acceptors (Lipinski definition) is 8. The zero-order valence-electron chi connectivity index (χ0n) is 23.1. The number of carbonyl (C=O) groups excluding carboxylic acids is 1. The Morgan fingerprint density at radius 2 is 1.91 bits per heavy atom. The molecule has 0 aliphatic carbocycles. The quantitative estimate of drug-likeness (QED) is 0.218. The molecule has 0 atom stereocenters. The van der Waals surface area contributed by atoms with Gasteiger partial charge in [0.15, 0.2) is 11.6 Å². The summed E-state index contributed by atoms with van der Waals surface area (Å²) in [5.41, 5.74) is 8.10. The number of rotatable bonds is 9. The van der Waals surface area contributed by atoms with Gasteiger partial charge in [-0.2, -0.15) is 5.10 Å². The molecule has 11 nitrogen and oxygen atoms in total. The SMILES string of the molecule is Cc1cc(Oc2ccccc2F)ncc1-n1ncc(C(=O)c2cc3cc(OCC(F)F)c(N4CCCS4(=O)=O)cc3[nH]2)c1N. The smallest absolute Gasteiger partial charge is 0.272 e. The van der Waals surface area contributed by atoms with Crippen molar-refractivity contribution in [3.63, 3.8) is 0 Å². The van der Waals surface area contributed by atoms with Crippen molar-refractivity contribution in [1.29, 1.82) is 0 Å². The van der Waals surface area contributed by atoms with Gasteiger partial charge in [0.25, 0.3) is 6.43 Å². The maximum atomic E-state index is 14.0. The maximum Gasteiger partial charge on any atom is 0.272 e. The van der Waals surface area contributed by atoms with Crippen LogP contribution in [0.3, 0.4) is 0 Å². The van der Waals surface area contributed by atoms with Gasteiger partial charge in [0, 0.05) is 23.5 Å². The molecule has 2 aromatic carbocycles. The summed E-state index contributed by atoms with van der Waals surface area (Å²) >= 11 is 0. The number of ether oxygens (including phenoxy) is 2. The molecule has 0 unspecified atom stereocenters. The predicted molar refractivity (Wildman–Crippen MR) is 156 cm³/mol. The molecule has 1 aliphatic heterocycles. The van der Waals surface area contributed by atoms with Crippen LogP contribution in [0.1, 0.15) is 28.0 Å². The minimum atomic E-state index is -3.65. The van der Waals surface area contributed by atoms with Crippen LogP contribution in [-0.2, 0) is 10.0 Å². The van der Waals surface area contributed by atoms with Gasteiger partial charge < -0.3 is 20.2 Å². The van der Waals surface area contributed by atoms with E-state index in [1.165, 1.54) is 47.4 Å². The van der Waals surface area contributed by atoms with Crippen molar-refractivity contribution < 1.29 is 35.9 Å². The van der Waals surface area contributed by atoms with Crippen LogP contribution in [0.4, 0.5) is 24.7 Å². The van der Waals surface area contributed by atoms with Gasteiger partial charge in [0.2, 0.25) is 21.7 Å². The van der Waals surface area contributed by atoms with Crippen molar-refractivity contribution in [3.05, 3.63) is 83.6 Å². The number of aromatic nitrogens is 4. The summed E-state index contributed by atoms with van der Waals surface area (Å²) in [6.45, 7) is 0.992. The number of pyridine rings is 1. The minimum Gasteiger partial charge on any atom is -0.485 e. The Morgan fingerprint density at radius 1 is 1.11 bits per heavy atom. The van der Waals surface area contributed by atoms with Crippen LogP contribution in [0, 0.1) is 12.7 Å². The summed E-state index contributed by atoms with van der Waals surface area (Å²) in [4.78, 5) is 20.7. The number of nitrogen functional groups attached to an aromatic ring is 1. The summed E-state index contributed by atoms with van der Waals surface area (Å²) in [7, 11) is -3.65. The van der Waals surface area contributed by atoms with E-state index in [0.717, 1.165) is 4.31 Å². The molecule has 0 amide bonds. The molecule has 0 spiro atoms. The van der Waals surface area contributed by atoms with E-state index in [1.807, 2.05) is 0 Å². The number of alkyl halides is 2. The number of carbonyl (C=O) groups is 1. The molecule has 4 heterocycles. The lowest BCUT2D eigenvalue weighted by molar-refractivity contribution is 0.0822. The molecule has 1 fully saturated rings. The topological polar surface area (TPSA) is 145 Å². The van der Waals surface area contributed by atoms with Crippen LogP contribution in [-0.4, -0.2) is 59.3 Å². The summed E-state index contributed by atoms with van der Waals surface area (Å²) in [6, 6.07) is 11.9. The summed E-state index contributed by atoms with van der Waals surface area (Å²) in [5.74, 6) is -0.992. The molecule has 44 heavy (non-hydrogen) atoms. The van der Waals surface area contributed by atoms with Crippen molar-refractivity contribution in [3.8, 4) is 23.1 Å². The van der Waals surface area contributed by atoms with Crippen LogP contribution < -0.4 is 19.5 Å². The highest BCUT2D eigenvalue weighted by molar-refractivity contribution is 7.93. The number of fused-ring (bicyclic) bond motifs is 1. The van der Waals surface area contributed by atoms with E-state index in [2.05, 4.69) is 15.1 Å². The molecular weight excluding hydrogens is 601 g/mol. The van der Waals surface area contributed by atoms with Gasteiger partial charge in [-0.25, -0.2) is 31.3 Å². The van der Waals surface area contributed by atoms with Crippen molar-refractivity contribution in [2.24, 2.45) is 0 Å². The fraction of sp³-hybridized carbons (Fsp3) is 0.207. The van der Waals surface area contributed by atoms with Crippen LogP contribution in [0.5, 0.6) is 17.4 Å². The third kappa shape index (κ3) is 5.41. The third-order valence-electron chi connectivity index (χ3n) is 7.07. The predicted octanol–water partition coefficient (Wildman–Crippen LogP) is 4.99. The van der Waals surface area contributed by atoms with Crippen molar-refractivity contribution >= 4 is 38.2 Å². The van der Waals surface area contributed by atoms with E-state index >= 15 is 0 Å². The molecule has 3 aromatic heterocycles. The second-order valence-electron chi connectivity index (χ2n) is 10.1. The zero-order chi connectivity index (χ0) is 31.2. The second-order valence-corrected chi connectivity index (χ2v) is 12.1. The first-order chi connectivity index (χ1) is 21.0. The highest BCUT2D eigenvalue weighted by atomic mass is 32.2. The van der Waals surface area contributed by atoms with E-state index < -0.39 is 34.7 Å². The second kappa shape index (κ2) is 11.2. The minimum absolute atomic E-state index is 0.0128. The van der Waals surface area contributed by atoms with E-state index in [1.54, 1.807) is 25.1 Å². The van der Waals surface area contributed by atoms with Crippen molar-refractivity contribution in [1.82, 2.24) is 19.7 Å². The Morgan fingerprint density at radius 3 is 2.61 bits per heavy atom. The van der Waals surface area contributed by atoms with Gasteiger partial charge in [0.05, 0.1) is 40.8 Å². The number of halogens is 3. The molecular formula is C29H25F3N6O5S. The maximum absolute atomic E-state index is 14.0. The Kier molecular flexibility index (Phi) is 7.41. The molecule has 228 valence electrons. The monoisotopic (exact) mass is 626 g/mol. The lowest BCUT2D eigenvalue weighted by Crippen LogP contribution is -2.26. The Hall–Kier alpha value is -5.05. The number of nitrogens with two attached hydrogens (primary N) is 1. The molecule has 0 saturated carbocycles. The average Bonchev–Trinajstić information content (AvgIpc) is 3.68. The number of ketones is 1. The van der Waals surface area contributed by atoms with E-state index in [0.29, 0.717) is 28.6 Å². The van der Waals surface area contributed by atoms with Gasteiger partial charge in [-0.3, -0.25) is 9.10 Å². The summed E-state index contributed by atoms with van der Waals surface area (Å²) < 4.78 is 78.3. The average molecular weight is 627 g/mol. The van der Waals surface area contributed by atoms with Crippen LogP contribution in [0.2, 0.25) is 0 Å². The largest absolute Gasteiger partial charge is 0.485 e. The third-order valence-corrected chi connectivity index (χ3v) is 8.92. The molecule has 0 bridgehead atoms. The molecule has 15 heteroatoms. The number of sulfonamides is 1. The zero-order valence-corrected chi connectivity index (χ0v) is 23.9. The first-order valence-electron chi connectivity index (χ1n) is 13.4. The van der Waals surface area contributed by atoms with Crippen LogP contribution in [0.15, 0.2) is 60.9 Å². The molecule has 6 rings (SSSR count). The Labute approximate surface area is 249 Å². The number of hydrogen-bond donors (Lipinski definition) is 2. The summed E-state index contributed by atoms with van der Waals surface area (Å²) in [5, 5.41) is 4.70. The number of nitrogens with one attached hydrogen (secondary N) is 1. The van der Waals surface area contributed by atoms with E-state index in [4.69, 9.17) is 15.2 Å². The highest BCUT2D eigenvalue weighted by Crippen LogP contribution is 2.38. The number of aromatic amines is 1. The van der Waals surface area contributed by atoms with Crippen molar-refractivity contribution in [2.45, 2.75) is 19.8 Å². The van der Waals surface area contributed by atoms with Gasteiger partial charge >= 0.3 is 0 Å². The fourth-order valence-electron chi connectivity index (χ4n) is 4.95. The summed E-state index contributed by atoms with van der Waals surface area (Å²) in [6.07, 6.45) is 0.334. The standard InChI is InChI=1S/C29H25F3N6O5S/c1-16-9-27(43-24-6-3-2-5-19(24)30)34-14-23(16)38-29(33)18(13-35-38)28(39)21-10-17-11-25(42-15-26(31)32)22(12-20(17)36-21)37-7-4-8-44(37,40)41/h2-3,5-6,9-14,26,36H,4,7-8,15,33H2,1H3. The van der Waals surface area contributed by atoms with Gasteiger partial charge in [0.1, 0.15) is 18.2 Å². The number of aryl methyl sites for hydroxylation is 1. The van der Waals surface area contributed by atoms with Gasteiger partial charge in [-0.1, -0.05) is 12.1 Å². The molecule has 5 aromatic rings. The van der Waals surface area contributed by atoms with Crippen molar-refractivity contribution in [2.75, 3.05) is 28.9 Å². The number of anilines is 2. The molecule has 3 N–H and O–H groups in total.